The van der Waals surface area contributed by atoms with Crippen molar-refractivity contribution in [2.45, 2.75) is 62.4 Å². The van der Waals surface area contributed by atoms with Crippen LogP contribution in [0.4, 0.5) is 4.79 Å². The Morgan fingerprint density at radius 3 is 2.70 bits per heavy atom. The van der Waals surface area contributed by atoms with Crippen molar-refractivity contribution >= 4 is 23.8 Å². The molecule has 0 spiro atoms. The molecule has 2 amide bonds. The van der Waals surface area contributed by atoms with Crippen LogP contribution in [0.15, 0.2) is 29.2 Å². The average molecular weight is 437 g/mol. The lowest BCUT2D eigenvalue weighted by atomic mass is 10.1. The second-order valence-electron chi connectivity index (χ2n) is 8.68. The van der Waals surface area contributed by atoms with E-state index in [-0.39, 0.29) is 24.2 Å². The van der Waals surface area contributed by atoms with Crippen LogP contribution in [0.2, 0.25) is 0 Å². The number of hydrogen-bond donors (Lipinski definition) is 1. The zero-order chi connectivity index (χ0) is 21.7. The fourth-order valence-electron chi connectivity index (χ4n) is 3.61. The average Bonchev–Trinajstić information content (AvgIpc) is 3.35. The Morgan fingerprint density at radius 1 is 1.27 bits per heavy atom. The summed E-state index contributed by atoms with van der Waals surface area (Å²) in [7, 11) is 1.59. The fraction of sp³-hybridized carbons (Fsp3) is 0.636. The van der Waals surface area contributed by atoms with Crippen molar-refractivity contribution in [2.24, 2.45) is 0 Å². The van der Waals surface area contributed by atoms with Gasteiger partial charge < -0.3 is 24.4 Å². The third-order valence-electron chi connectivity index (χ3n) is 5.12. The number of hydrogen-bond acceptors (Lipinski definition) is 6. The minimum Gasteiger partial charge on any atom is -0.444 e. The highest BCUT2D eigenvalue weighted by atomic mass is 32.2. The molecule has 1 N–H and O–H groups in total. The predicted molar refractivity (Wildman–Crippen MR) is 116 cm³/mol. The molecule has 0 saturated carbocycles. The van der Waals surface area contributed by atoms with Gasteiger partial charge in [-0.05, 0) is 45.7 Å². The monoisotopic (exact) mass is 436 g/mol. The quantitative estimate of drug-likeness (QED) is 0.690. The number of thioether (sulfide) groups is 1. The van der Waals surface area contributed by atoms with Gasteiger partial charge in [0.1, 0.15) is 5.60 Å². The van der Waals surface area contributed by atoms with Gasteiger partial charge in [-0.15, -0.1) is 11.8 Å². The Balaban J connectivity index is 1.62. The van der Waals surface area contributed by atoms with Crippen LogP contribution in [0.5, 0.6) is 0 Å². The van der Waals surface area contributed by atoms with Crippen LogP contribution in [0.25, 0.3) is 0 Å². The van der Waals surface area contributed by atoms with Crippen molar-refractivity contribution < 1.29 is 23.8 Å². The van der Waals surface area contributed by atoms with Gasteiger partial charge in [-0.3, -0.25) is 4.79 Å². The molecule has 2 aliphatic rings. The van der Waals surface area contributed by atoms with E-state index in [1.807, 2.05) is 45.0 Å². The number of likely N-dealkylation sites (tertiary alicyclic amines) is 1. The highest BCUT2D eigenvalue weighted by Crippen LogP contribution is 2.27. The smallest absolute Gasteiger partial charge is 0.410 e. The lowest BCUT2D eigenvalue weighted by Gasteiger charge is -2.24. The summed E-state index contributed by atoms with van der Waals surface area (Å²) in [4.78, 5) is 28.0. The van der Waals surface area contributed by atoms with E-state index in [2.05, 4.69) is 5.32 Å². The Morgan fingerprint density at radius 2 is 2.03 bits per heavy atom. The maximum absolute atomic E-state index is 13.0. The van der Waals surface area contributed by atoms with Gasteiger partial charge in [0.05, 0.1) is 30.4 Å². The van der Waals surface area contributed by atoms with E-state index in [4.69, 9.17) is 14.2 Å². The van der Waals surface area contributed by atoms with E-state index in [0.717, 1.165) is 30.1 Å². The van der Waals surface area contributed by atoms with Gasteiger partial charge in [0.2, 0.25) is 0 Å². The molecule has 7 nitrogen and oxygen atoms in total. The molecule has 3 rings (SSSR count). The first kappa shape index (κ1) is 22.9. The molecule has 1 aromatic carbocycles. The molecule has 0 aliphatic carbocycles. The van der Waals surface area contributed by atoms with Gasteiger partial charge in [0, 0.05) is 30.9 Å². The zero-order valence-corrected chi connectivity index (χ0v) is 19.0. The van der Waals surface area contributed by atoms with Gasteiger partial charge >= 0.3 is 6.09 Å². The van der Waals surface area contributed by atoms with Crippen LogP contribution in [0.1, 0.15) is 44.0 Å². The van der Waals surface area contributed by atoms with Crippen LogP contribution in [0, 0.1) is 0 Å². The van der Waals surface area contributed by atoms with Crippen molar-refractivity contribution in [3.8, 4) is 0 Å². The van der Waals surface area contributed by atoms with Crippen molar-refractivity contribution in [1.82, 2.24) is 10.2 Å². The Kier molecular flexibility index (Phi) is 7.65. The summed E-state index contributed by atoms with van der Waals surface area (Å²) in [5.41, 5.74) is 0.0614. The fourth-order valence-corrected chi connectivity index (χ4v) is 4.73. The lowest BCUT2D eigenvalue weighted by molar-refractivity contribution is 0.0252. The topological polar surface area (TPSA) is 77.1 Å². The molecule has 2 aliphatic heterocycles. The third kappa shape index (κ3) is 6.12. The Hall–Kier alpha value is -1.77. The van der Waals surface area contributed by atoms with Crippen LogP contribution >= 0.6 is 11.8 Å². The first-order valence-corrected chi connectivity index (χ1v) is 11.4. The number of nitrogens with zero attached hydrogens (tertiary/aromatic N) is 1. The van der Waals surface area contributed by atoms with E-state index in [0.29, 0.717) is 18.7 Å². The van der Waals surface area contributed by atoms with Crippen molar-refractivity contribution in [3.05, 3.63) is 29.8 Å². The summed E-state index contributed by atoms with van der Waals surface area (Å²) in [5.74, 6) is 0.671. The number of ether oxygens (including phenoxy) is 3. The lowest BCUT2D eigenvalue weighted by Crippen LogP contribution is -2.44. The van der Waals surface area contributed by atoms with Gasteiger partial charge in [0.15, 0.2) is 0 Å². The number of carbonyl (C=O) groups is 2. The van der Waals surface area contributed by atoms with Gasteiger partial charge in [0.25, 0.3) is 5.91 Å². The van der Waals surface area contributed by atoms with Crippen molar-refractivity contribution in [2.75, 3.05) is 32.6 Å². The van der Waals surface area contributed by atoms with Crippen molar-refractivity contribution in [1.29, 1.82) is 0 Å². The molecular formula is C22H32N2O5S. The first-order chi connectivity index (χ1) is 14.3. The molecule has 30 heavy (non-hydrogen) atoms. The van der Waals surface area contributed by atoms with E-state index in [1.54, 1.807) is 23.8 Å². The molecule has 2 saturated heterocycles. The molecule has 3 atom stereocenters. The molecule has 0 aromatic heterocycles. The van der Waals surface area contributed by atoms with Crippen LogP contribution in [-0.4, -0.2) is 73.3 Å². The molecule has 0 bridgehead atoms. The molecule has 8 heteroatoms. The molecule has 2 heterocycles. The van der Waals surface area contributed by atoms with E-state index >= 15 is 0 Å². The summed E-state index contributed by atoms with van der Waals surface area (Å²) in [5, 5.41) is 3.05. The second kappa shape index (κ2) is 10.0. The first-order valence-electron chi connectivity index (χ1n) is 10.4. The summed E-state index contributed by atoms with van der Waals surface area (Å²) in [6.07, 6.45) is 1.74. The molecule has 166 valence electrons. The zero-order valence-electron chi connectivity index (χ0n) is 18.2. The normalized spacial score (nSPS) is 24.1. The SMILES string of the molecule is COC1CN(C(=O)OC(C)(C)C)CC1NC(=O)c1ccccc1SCC1CCCO1. The second-order valence-corrected chi connectivity index (χ2v) is 9.74. The highest BCUT2D eigenvalue weighted by Gasteiger charge is 2.38. The summed E-state index contributed by atoms with van der Waals surface area (Å²) < 4.78 is 16.7. The summed E-state index contributed by atoms with van der Waals surface area (Å²) in [6, 6.07) is 7.29. The van der Waals surface area contributed by atoms with Crippen LogP contribution < -0.4 is 5.32 Å². The number of methoxy groups -OCH3 is 1. The number of amides is 2. The number of carbonyl (C=O) groups excluding carboxylic acids is 2. The van der Waals surface area contributed by atoms with Gasteiger partial charge in [-0.25, -0.2) is 4.79 Å². The van der Waals surface area contributed by atoms with E-state index < -0.39 is 11.7 Å². The Labute approximate surface area is 182 Å². The largest absolute Gasteiger partial charge is 0.444 e. The standard InChI is InChI=1S/C22H32N2O5S/c1-22(2,3)29-21(26)24-12-17(18(13-24)27-4)23-20(25)16-9-5-6-10-19(16)30-14-15-8-7-11-28-15/h5-6,9-10,15,17-18H,7-8,11-14H2,1-4H3,(H,23,25). The van der Waals surface area contributed by atoms with Gasteiger partial charge in [-0.1, -0.05) is 12.1 Å². The maximum atomic E-state index is 13.0. The summed E-state index contributed by atoms with van der Waals surface area (Å²) in [6.45, 7) is 7.05. The van der Waals surface area contributed by atoms with Crippen LogP contribution in [-0.2, 0) is 14.2 Å². The summed E-state index contributed by atoms with van der Waals surface area (Å²) >= 11 is 1.65. The molecule has 1 aromatic rings. The maximum Gasteiger partial charge on any atom is 0.410 e. The minimum atomic E-state index is -0.569. The molecule has 3 unspecified atom stereocenters. The van der Waals surface area contributed by atoms with E-state index in [9.17, 15) is 9.59 Å². The molecule has 0 radical (unpaired) electrons. The van der Waals surface area contributed by atoms with Crippen LogP contribution in [0.3, 0.4) is 0 Å². The number of benzene rings is 1. The highest BCUT2D eigenvalue weighted by molar-refractivity contribution is 7.99. The van der Waals surface area contributed by atoms with E-state index in [1.165, 1.54) is 0 Å². The van der Waals surface area contributed by atoms with Gasteiger partial charge in [-0.2, -0.15) is 0 Å². The Bertz CT molecular complexity index is 745. The predicted octanol–water partition coefficient (Wildman–Crippen LogP) is 3.32. The van der Waals surface area contributed by atoms with Crippen molar-refractivity contribution in [3.63, 3.8) is 0 Å². The number of rotatable bonds is 6. The molecular weight excluding hydrogens is 404 g/mol. The third-order valence-corrected chi connectivity index (χ3v) is 6.32. The minimum absolute atomic E-state index is 0.163. The number of nitrogens with one attached hydrogen (secondary N) is 1. The molecule has 2 fully saturated rings.